The van der Waals surface area contributed by atoms with Crippen molar-refractivity contribution in [1.29, 1.82) is 5.26 Å². The Labute approximate surface area is 43.3 Å². The van der Waals surface area contributed by atoms with E-state index in [4.69, 9.17) is 5.26 Å². The van der Waals surface area contributed by atoms with Crippen LogP contribution in [0.2, 0.25) is 0 Å². The fourth-order valence-electron chi connectivity index (χ4n) is 0.693. The maximum Gasteiger partial charge on any atom is 0.113 e. The Morgan fingerprint density at radius 2 is 2.14 bits per heavy atom. The number of likely N-dealkylation sites (N-methyl/N-ethyl adjacent to an activating group) is 1. The Hall–Kier alpha value is -0.550. The Morgan fingerprint density at radius 3 is 2.14 bits per heavy atom. The Kier molecular flexibility index (Phi) is 0.795. The molecule has 3 atom stereocenters. The molecule has 2 nitrogen and oxygen atoms in total. The molecule has 0 amide bonds. The zero-order valence-corrected chi connectivity index (χ0v) is 4.55. The summed E-state index contributed by atoms with van der Waals surface area (Å²) in [7, 11) is 1.96. The van der Waals surface area contributed by atoms with Crippen LogP contribution in [0, 0.1) is 11.3 Å². The molecule has 1 aliphatic heterocycles. The van der Waals surface area contributed by atoms with E-state index in [1.54, 1.807) is 0 Å². The topological polar surface area (TPSA) is 26.8 Å². The highest BCUT2D eigenvalue weighted by Gasteiger charge is 2.40. The van der Waals surface area contributed by atoms with E-state index in [9.17, 15) is 0 Å². The van der Waals surface area contributed by atoms with Gasteiger partial charge in [-0.05, 0) is 14.0 Å². The van der Waals surface area contributed by atoms with Gasteiger partial charge >= 0.3 is 0 Å². The molecule has 0 aliphatic carbocycles. The van der Waals surface area contributed by atoms with Crippen LogP contribution in [0.3, 0.4) is 0 Å². The predicted molar refractivity (Wildman–Crippen MR) is 26.6 cm³/mol. The fraction of sp³-hybridized carbons (Fsp3) is 0.800. The first kappa shape index (κ1) is 4.61. The van der Waals surface area contributed by atoms with E-state index in [0.29, 0.717) is 6.04 Å². The van der Waals surface area contributed by atoms with Gasteiger partial charge in [0.05, 0.1) is 6.07 Å². The molecule has 1 aliphatic rings. The largest absolute Gasteiger partial charge is 0.284 e. The molecular weight excluding hydrogens is 88.1 g/mol. The summed E-state index contributed by atoms with van der Waals surface area (Å²) in [5.41, 5.74) is 0. The Balaban J connectivity index is 2.42. The van der Waals surface area contributed by atoms with E-state index in [1.165, 1.54) is 0 Å². The summed E-state index contributed by atoms with van der Waals surface area (Å²) in [6, 6.07) is 2.88. The molecule has 0 radical (unpaired) electrons. The molecule has 0 aromatic rings. The average molecular weight is 96.1 g/mol. The normalized spacial score (nSPS) is 47.9. The minimum atomic E-state index is 0.208. The summed E-state index contributed by atoms with van der Waals surface area (Å²) in [5.74, 6) is 0. The van der Waals surface area contributed by atoms with Crippen molar-refractivity contribution in [3.05, 3.63) is 0 Å². The van der Waals surface area contributed by atoms with Gasteiger partial charge in [0.2, 0.25) is 0 Å². The summed E-state index contributed by atoms with van der Waals surface area (Å²) >= 11 is 0. The SMILES string of the molecule is C[C@@H]1[C@H](C#N)N1C. The lowest BCUT2D eigenvalue weighted by Gasteiger charge is -1.75. The maximum atomic E-state index is 8.26. The van der Waals surface area contributed by atoms with Crippen molar-refractivity contribution in [1.82, 2.24) is 4.90 Å². The van der Waals surface area contributed by atoms with Crippen LogP contribution in [0.5, 0.6) is 0 Å². The molecule has 0 aromatic heterocycles. The van der Waals surface area contributed by atoms with Crippen LogP contribution in [0.15, 0.2) is 0 Å². The molecule has 2 heteroatoms. The van der Waals surface area contributed by atoms with Crippen molar-refractivity contribution in [2.75, 3.05) is 7.05 Å². The van der Waals surface area contributed by atoms with Gasteiger partial charge < -0.3 is 0 Å². The number of hydrogen-bond acceptors (Lipinski definition) is 2. The van der Waals surface area contributed by atoms with Gasteiger partial charge in [-0.15, -0.1) is 0 Å². The lowest BCUT2D eigenvalue weighted by Crippen LogP contribution is -1.87. The molecule has 0 saturated carbocycles. The minimum absolute atomic E-state index is 0.208. The van der Waals surface area contributed by atoms with E-state index < -0.39 is 0 Å². The van der Waals surface area contributed by atoms with Crippen LogP contribution in [-0.2, 0) is 0 Å². The van der Waals surface area contributed by atoms with Crippen LogP contribution >= 0.6 is 0 Å². The first-order chi connectivity index (χ1) is 3.27. The number of nitrogens with zero attached hydrogens (tertiary/aromatic N) is 2. The van der Waals surface area contributed by atoms with Gasteiger partial charge in [0.15, 0.2) is 0 Å². The zero-order valence-electron chi connectivity index (χ0n) is 4.55. The number of nitriles is 1. The summed E-state index contributed by atoms with van der Waals surface area (Å²) in [5, 5.41) is 8.26. The second-order valence-corrected chi connectivity index (χ2v) is 1.98. The van der Waals surface area contributed by atoms with Gasteiger partial charge in [-0.2, -0.15) is 5.26 Å². The molecule has 1 saturated heterocycles. The predicted octanol–water partition coefficient (Wildman–Crippen LogP) is 0.212. The molecule has 0 N–H and O–H groups in total. The van der Waals surface area contributed by atoms with Crippen molar-refractivity contribution in [2.24, 2.45) is 0 Å². The van der Waals surface area contributed by atoms with Crippen molar-refractivity contribution in [2.45, 2.75) is 19.0 Å². The first-order valence-electron chi connectivity index (χ1n) is 2.39. The highest BCUT2D eigenvalue weighted by atomic mass is 15.3. The smallest absolute Gasteiger partial charge is 0.113 e. The van der Waals surface area contributed by atoms with Crippen LogP contribution in [0.1, 0.15) is 6.92 Å². The van der Waals surface area contributed by atoms with Gasteiger partial charge in [-0.3, -0.25) is 4.90 Å². The summed E-state index contributed by atoms with van der Waals surface area (Å²) in [6.45, 7) is 2.05. The second-order valence-electron chi connectivity index (χ2n) is 1.98. The third-order valence-electron chi connectivity index (χ3n) is 1.58. The molecule has 1 heterocycles. The van der Waals surface area contributed by atoms with Crippen molar-refractivity contribution < 1.29 is 0 Å². The van der Waals surface area contributed by atoms with Crippen molar-refractivity contribution in [3.63, 3.8) is 0 Å². The summed E-state index contributed by atoms with van der Waals surface area (Å²) in [4.78, 5) is 2.03. The fourth-order valence-corrected chi connectivity index (χ4v) is 0.693. The van der Waals surface area contributed by atoms with Crippen LogP contribution < -0.4 is 0 Å². The summed E-state index contributed by atoms with van der Waals surface area (Å²) in [6.07, 6.45) is 0. The molecular formula is C5H8N2. The van der Waals surface area contributed by atoms with E-state index in [2.05, 4.69) is 6.07 Å². The molecule has 0 spiro atoms. The van der Waals surface area contributed by atoms with Crippen molar-refractivity contribution >= 4 is 0 Å². The van der Waals surface area contributed by atoms with Gasteiger partial charge in [-0.25, -0.2) is 0 Å². The number of rotatable bonds is 0. The molecule has 1 fully saturated rings. The van der Waals surface area contributed by atoms with Crippen LogP contribution in [0.25, 0.3) is 0 Å². The minimum Gasteiger partial charge on any atom is -0.284 e. The van der Waals surface area contributed by atoms with E-state index in [1.807, 2.05) is 18.9 Å². The molecule has 38 valence electrons. The van der Waals surface area contributed by atoms with Gasteiger partial charge in [-0.1, -0.05) is 0 Å². The Bertz CT molecular complexity index is 106. The highest BCUT2D eigenvalue weighted by molar-refractivity contribution is 5.10. The van der Waals surface area contributed by atoms with E-state index in [-0.39, 0.29) is 6.04 Å². The molecule has 7 heavy (non-hydrogen) atoms. The molecule has 1 rings (SSSR count). The average Bonchev–Trinajstić information content (AvgIpc) is 2.17. The monoisotopic (exact) mass is 96.1 g/mol. The van der Waals surface area contributed by atoms with Gasteiger partial charge in [0.25, 0.3) is 0 Å². The molecule has 1 unspecified atom stereocenters. The van der Waals surface area contributed by atoms with E-state index >= 15 is 0 Å². The van der Waals surface area contributed by atoms with Gasteiger partial charge in [0, 0.05) is 6.04 Å². The first-order valence-corrected chi connectivity index (χ1v) is 2.39. The van der Waals surface area contributed by atoms with Gasteiger partial charge in [0.1, 0.15) is 6.04 Å². The molecule has 0 bridgehead atoms. The highest BCUT2D eigenvalue weighted by Crippen LogP contribution is 2.22. The number of hydrogen-bond donors (Lipinski definition) is 0. The van der Waals surface area contributed by atoms with Crippen LogP contribution in [-0.4, -0.2) is 24.0 Å². The standard InChI is InChI=1S/C5H8N2/c1-4-5(3-6)7(4)2/h4-5H,1-2H3/t4-,5+,7?/m1/s1. The second kappa shape index (κ2) is 1.21. The lowest BCUT2D eigenvalue weighted by atomic mass is 10.4. The third kappa shape index (κ3) is 0.495. The third-order valence-corrected chi connectivity index (χ3v) is 1.58. The van der Waals surface area contributed by atoms with Crippen LogP contribution in [0.4, 0.5) is 0 Å². The maximum absolute atomic E-state index is 8.26. The quantitative estimate of drug-likeness (QED) is 0.403. The van der Waals surface area contributed by atoms with E-state index in [0.717, 1.165) is 0 Å². The van der Waals surface area contributed by atoms with Crippen molar-refractivity contribution in [3.8, 4) is 6.07 Å². The summed E-state index contributed by atoms with van der Waals surface area (Å²) < 4.78 is 0. The zero-order chi connectivity index (χ0) is 5.44. The lowest BCUT2D eigenvalue weighted by molar-refractivity contribution is 0.620. The molecule has 0 aromatic carbocycles. The Morgan fingerprint density at radius 1 is 1.71 bits per heavy atom.